The third-order valence-electron chi connectivity index (χ3n) is 3.17. The Labute approximate surface area is 107 Å². The van der Waals surface area contributed by atoms with Gasteiger partial charge in [0.25, 0.3) is 0 Å². The van der Waals surface area contributed by atoms with Crippen LogP contribution in [-0.4, -0.2) is 32.5 Å². The molecular weight excluding hydrogens is 233 g/mol. The van der Waals surface area contributed by atoms with E-state index in [0.29, 0.717) is 19.6 Å². The predicted octanol–water partition coefficient (Wildman–Crippen LogP) is 2.30. The Morgan fingerprint density at radius 3 is 2.83 bits per heavy atom. The zero-order valence-corrected chi connectivity index (χ0v) is 10.7. The zero-order valence-electron chi connectivity index (χ0n) is 10.7. The number of hydrogen-bond donors (Lipinski definition) is 1. The number of hydrogen-bond acceptors (Lipinski definition) is 3. The van der Waals surface area contributed by atoms with Gasteiger partial charge in [0, 0.05) is 13.0 Å². The second-order valence-electron chi connectivity index (χ2n) is 4.61. The van der Waals surface area contributed by atoms with Crippen molar-refractivity contribution in [1.29, 1.82) is 0 Å². The van der Waals surface area contributed by atoms with Gasteiger partial charge in [-0.05, 0) is 30.7 Å². The van der Waals surface area contributed by atoms with Gasteiger partial charge in [-0.2, -0.15) is 0 Å². The number of halogens is 1. The molecule has 100 valence electrons. The first-order valence-corrected chi connectivity index (χ1v) is 6.37. The van der Waals surface area contributed by atoms with Crippen LogP contribution in [0.3, 0.4) is 0 Å². The summed E-state index contributed by atoms with van der Waals surface area (Å²) in [5.74, 6) is 0.834. The molecule has 1 N–H and O–H groups in total. The van der Waals surface area contributed by atoms with Crippen molar-refractivity contribution in [2.45, 2.75) is 31.7 Å². The van der Waals surface area contributed by atoms with Crippen LogP contribution in [0.4, 0.5) is 4.39 Å². The molecule has 0 bridgehead atoms. The van der Waals surface area contributed by atoms with Crippen LogP contribution in [0.15, 0.2) is 24.3 Å². The monoisotopic (exact) mass is 253 g/mol. The summed E-state index contributed by atoms with van der Waals surface area (Å²) >= 11 is 0. The summed E-state index contributed by atoms with van der Waals surface area (Å²) in [6.07, 6.45) is 0.574. The van der Waals surface area contributed by atoms with Crippen molar-refractivity contribution in [3.8, 4) is 5.75 Å². The first kappa shape index (κ1) is 13.3. The Morgan fingerprint density at radius 1 is 1.33 bits per heavy atom. The van der Waals surface area contributed by atoms with Crippen molar-refractivity contribution in [3.05, 3.63) is 29.8 Å². The molecule has 3 nitrogen and oxygen atoms in total. The van der Waals surface area contributed by atoms with Crippen LogP contribution < -0.4 is 10.1 Å². The van der Waals surface area contributed by atoms with E-state index in [2.05, 4.69) is 5.32 Å². The molecule has 1 saturated heterocycles. The van der Waals surface area contributed by atoms with Gasteiger partial charge in [-0.1, -0.05) is 12.1 Å². The van der Waals surface area contributed by atoms with Gasteiger partial charge in [0.2, 0.25) is 0 Å². The van der Waals surface area contributed by atoms with Crippen LogP contribution in [0.25, 0.3) is 0 Å². The number of alkyl halides is 1. The molecule has 1 aliphatic heterocycles. The summed E-state index contributed by atoms with van der Waals surface area (Å²) in [5.41, 5.74) is 1.09. The van der Waals surface area contributed by atoms with E-state index in [1.807, 2.05) is 24.3 Å². The molecule has 0 aliphatic carbocycles. The van der Waals surface area contributed by atoms with E-state index in [-0.39, 0.29) is 6.10 Å². The SMILES string of the molecule is COc1ccc(COC2CCNCC(F)C2)cc1. The van der Waals surface area contributed by atoms with E-state index in [1.165, 1.54) is 0 Å². The van der Waals surface area contributed by atoms with Gasteiger partial charge in [0.05, 0.1) is 19.8 Å². The fourth-order valence-corrected chi connectivity index (χ4v) is 2.10. The summed E-state index contributed by atoms with van der Waals surface area (Å²) in [4.78, 5) is 0. The minimum absolute atomic E-state index is 0.0112. The largest absolute Gasteiger partial charge is 0.497 e. The normalized spacial score (nSPS) is 24.6. The first-order valence-electron chi connectivity index (χ1n) is 6.37. The lowest BCUT2D eigenvalue weighted by atomic mass is 10.1. The fraction of sp³-hybridized carbons (Fsp3) is 0.571. The Kier molecular flexibility index (Phi) is 4.96. The molecule has 4 heteroatoms. The minimum atomic E-state index is -0.798. The molecular formula is C14H20FNO2. The molecule has 2 unspecified atom stereocenters. The maximum Gasteiger partial charge on any atom is 0.118 e. The Morgan fingerprint density at radius 2 is 2.11 bits per heavy atom. The zero-order chi connectivity index (χ0) is 12.8. The first-order chi connectivity index (χ1) is 8.78. The average molecular weight is 253 g/mol. The molecule has 1 aliphatic rings. The van der Waals surface area contributed by atoms with E-state index in [9.17, 15) is 4.39 Å². The van der Waals surface area contributed by atoms with Gasteiger partial charge in [-0.3, -0.25) is 0 Å². The lowest BCUT2D eigenvalue weighted by Crippen LogP contribution is -2.21. The van der Waals surface area contributed by atoms with Crippen LogP contribution in [0.2, 0.25) is 0 Å². The molecule has 0 saturated carbocycles. The van der Waals surface area contributed by atoms with Crippen molar-refractivity contribution in [2.75, 3.05) is 20.2 Å². The number of methoxy groups -OCH3 is 1. The molecule has 1 aromatic carbocycles. The van der Waals surface area contributed by atoms with Crippen LogP contribution in [0.5, 0.6) is 5.75 Å². The number of nitrogens with one attached hydrogen (secondary N) is 1. The Balaban J connectivity index is 1.82. The molecule has 0 radical (unpaired) electrons. The highest BCUT2D eigenvalue weighted by Gasteiger charge is 2.19. The highest BCUT2D eigenvalue weighted by Crippen LogP contribution is 2.16. The fourth-order valence-electron chi connectivity index (χ4n) is 2.10. The molecule has 1 fully saturated rings. The predicted molar refractivity (Wildman–Crippen MR) is 68.6 cm³/mol. The molecule has 1 heterocycles. The molecule has 18 heavy (non-hydrogen) atoms. The van der Waals surface area contributed by atoms with E-state index in [1.54, 1.807) is 7.11 Å². The van der Waals surface area contributed by atoms with Crippen molar-refractivity contribution in [3.63, 3.8) is 0 Å². The van der Waals surface area contributed by atoms with Crippen LogP contribution in [-0.2, 0) is 11.3 Å². The van der Waals surface area contributed by atoms with Gasteiger partial charge >= 0.3 is 0 Å². The van der Waals surface area contributed by atoms with Crippen molar-refractivity contribution < 1.29 is 13.9 Å². The quantitative estimate of drug-likeness (QED) is 0.893. The van der Waals surface area contributed by atoms with Crippen LogP contribution in [0.1, 0.15) is 18.4 Å². The van der Waals surface area contributed by atoms with Gasteiger partial charge < -0.3 is 14.8 Å². The summed E-state index contributed by atoms with van der Waals surface area (Å²) in [6, 6.07) is 7.76. The van der Waals surface area contributed by atoms with Crippen molar-refractivity contribution in [2.24, 2.45) is 0 Å². The molecule has 0 aromatic heterocycles. The average Bonchev–Trinajstić information content (AvgIpc) is 2.61. The van der Waals surface area contributed by atoms with Gasteiger partial charge in [0.15, 0.2) is 0 Å². The Hall–Kier alpha value is -1.13. The molecule has 2 atom stereocenters. The van der Waals surface area contributed by atoms with Crippen molar-refractivity contribution in [1.82, 2.24) is 5.32 Å². The number of rotatable bonds is 4. The number of ether oxygens (including phenoxy) is 2. The summed E-state index contributed by atoms with van der Waals surface area (Å²) in [6.45, 7) is 1.80. The second-order valence-corrected chi connectivity index (χ2v) is 4.61. The molecule has 2 rings (SSSR count). The third kappa shape index (κ3) is 3.96. The maximum absolute atomic E-state index is 13.4. The highest BCUT2D eigenvalue weighted by atomic mass is 19.1. The number of benzene rings is 1. The van der Waals surface area contributed by atoms with Crippen LogP contribution in [0, 0.1) is 0 Å². The molecule has 0 amide bonds. The van der Waals surface area contributed by atoms with Gasteiger partial charge in [0.1, 0.15) is 11.9 Å². The lowest BCUT2D eigenvalue weighted by molar-refractivity contribution is 0.0218. The topological polar surface area (TPSA) is 30.5 Å². The maximum atomic E-state index is 13.4. The third-order valence-corrected chi connectivity index (χ3v) is 3.17. The van der Waals surface area contributed by atoms with E-state index in [0.717, 1.165) is 24.3 Å². The summed E-state index contributed by atoms with van der Waals surface area (Å²) < 4.78 is 24.2. The van der Waals surface area contributed by atoms with E-state index >= 15 is 0 Å². The van der Waals surface area contributed by atoms with Crippen molar-refractivity contribution >= 4 is 0 Å². The standard InChI is InChI=1S/C14H20FNO2/c1-17-13-4-2-11(3-5-13)10-18-14-6-7-16-9-12(15)8-14/h2-5,12,14,16H,6-10H2,1H3. The summed E-state index contributed by atoms with van der Waals surface area (Å²) in [7, 11) is 1.64. The Bertz CT molecular complexity index is 355. The molecule has 0 spiro atoms. The highest BCUT2D eigenvalue weighted by molar-refractivity contribution is 5.26. The minimum Gasteiger partial charge on any atom is -0.497 e. The smallest absolute Gasteiger partial charge is 0.118 e. The van der Waals surface area contributed by atoms with Crippen LogP contribution >= 0.6 is 0 Å². The lowest BCUT2D eigenvalue weighted by Gasteiger charge is -2.16. The van der Waals surface area contributed by atoms with Gasteiger partial charge in [-0.15, -0.1) is 0 Å². The second kappa shape index (κ2) is 6.71. The van der Waals surface area contributed by atoms with E-state index in [4.69, 9.17) is 9.47 Å². The van der Waals surface area contributed by atoms with Gasteiger partial charge in [-0.25, -0.2) is 4.39 Å². The van der Waals surface area contributed by atoms with E-state index < -0.39 is 6.17 Å². The molecule has 1 aromatic rings. The summed E-state index contributed by atoms with van der Waals surface area (Å²) in [5, 5.41) is 3.07.